The molecule has 0 spiro atoms. The van der Waals surface area contributed by atoms with Crippen molar-refractivity contribution in [2.45, 2.75) is 19.4 Å². The molecule has 1 saturated heterocycles. The Kier molecular flexibility index (Phi) is 7.13. The zero-order valence-corrected chi connectivity index (χ0v) is 15.1. The van der Waals surface area contributed by atoms with Gasteiger partial charge in [-0.2, -0.15) is 0 Å². The molecule has 0 aliphatic carbocycles. The summed E-state index contributed by atoms with van der Waals surface area (Å²) >= 11 is 0. The van der Waals surface area contributed by atoms with Gasteiger partial charge in [-0.15, -0.1) is 0 Å². The van der Waals surface area contributed by atoms with Crippen LogP contribution >= 0.6 is 0 Å². The molecule has 2 atom stereocenters. The standard InChI is InChI=1S/C17H23NO7S/c19-16(20)14-7-8-18(11-15(14)17(21)22)26(23,24)10-4-9-25-12-13-5-2-1-3-6-13/h1-3,5-6,14-15H,4,7-12H2,(H,19,20)(H,21,22). The van der Waals surface area contributed by atoms with Crippen molar-refractivity contribution in [1.29, 1.82) is 0 Å². The first-order chi connectivity index (χ1) is 12.3. The normalized spacial score (nSPS) is 21.4. The number of ether oxygens (including phenoxy) is 1. The zero-order chi connectivity index (χ0) is 19.2. The fourth-order valence-corrected chi connectivity index (χ4v) is 4.47. The number of carbonyl (C=O) groups is 2. The molecule has 2 unspecified atom stereocenters. The summed E-state index contributed by atoms with van der Waals surface area (Å²) in [5, 5.41) is 18.3. The summed E-state index contributed by atoms with van der Waals surface area (Å²) in [6, 6.07) is 9.50. The van der Waals surface area contributed by atoms with Gasteiger partial charge in [0, 0.05) is 19.7 Å². The molecule has 1 heterocycles. The van der Waals surface area contributed by atoms with Gasteiger partial charge in [0.1, 0.15) is 0 Å². The molecular weight excluding hydrogens is 362 g/mol. The first-order valence-electron chi connectivity index (χ1n) is 8.36. The quantitative estimate of drug-likeness (QED) is 0.609. The SMILES string of the molecule is O=C(O)C1CCN(S(=O)(=O)CCCOCc2ccccc2)CC1C(=O)O. The van der Waals surface area contributed by atoms with Crippen molar-refractivity contribution in [2.24, 2.45) is 11.8 Å². The first kappa shape index (κ1) is 20.3. The summed E-state index contributed by atoms with van der Waals surface area (Å²) in [6.07, 6.45) is 0.280. The zero-order valence-electron chi connectivity index (χ0n) is 14.3. The number of nitrogens with zero attached hydrogens (tertiary/aromatic N) is 1. The maximum absolute atomic E-state index is 12.4. The molecule has 26 heavy (non-hydrogen) atoms. The summed E-state index contributed by atoms with van der Waals surface area (Å²) < 4.78 is 31.3. The highest BCUT2D eigenvalue weighted by atomic mass is 32.2. The minimum atomic E-state index is -3.65. The Morgan fingerprint density at radius 2 is 1.77 bits per heavy atom. The van der Waals surface area contributed by atoms with Gasteiger partial charge < -0.3 is 14.9 Å². The van der Waals surface area contributed by atoms with Gasteiger partial charge in [0.15, 0.2) is 0 Å². The van der Waals surface area contributed by atoms with Gasteiger partial charge in [-0.3, -0.25) is 9.59 Å². The number of piperidine rings is 1. The molecule has 0 aromatic heterocycles. The van der Waals surface area contributed by atoms with E-state index in [4.69, 9.17) is 9.84 Å². The van der Waals surface area contributed by atoms with Crippen molar-refractivity contribution in [2.75, 3.05) is 25.4 Å². The topological polar surface area (TPSA) is 121 Å². The molecule has 2 N–H and O–H groups in total. The van der Waals surface area contributed by atoms with E-state index >= 15 is 0 Å². The molecular formula is C17H23NO7S. The van der Waals surface area contributed by atoms with Crippen LogP contribution in [0.5, 0.6) is 0 Å². The van der Waals surface area contributed by atoms with Crippen LogP contribution in [0.2, 0.25) is 0 Å². The average Bonchev–Trinajstić information content (AvgIpc) is 2.61. The van der Waals surface area contributed by atoms with Crippen LogP contribution in [0.4, 0.5) is 0 Å². The van der Waals surface area contributed by atoms with Gasteiger partial charge in [-0.05, 0) is 18.4 Å². The van der Waals surface area contributed by atoms with E-state index in [0.717, 1.165) is 9.87 Å². The second-order valence-electron chi connectivity index (χ2n) is 6.24. The smallest absolute Gasteiger partial charge is 0.308 e. The predicted molar refractivity (Wildman–Crippen MR) is 92.9 cm³/mol. The molecule has 9 heteroatoms. The van der Waals surface area contributed by atoms with Crippen LogP contribution in [0.1, 0.15) is 18.4 Å². The minimum Gasteiger partial charge on any atom is -0.481 e. The number of hydrogen-bond donors (Lipinski definition) is 2. The highest BCUT2D eigenvalue weighted by molar-refractivity contribution is 7.89. The Morgan fingerprint density at radius 3 is 2.38 bits per heavy atom. The van der Waals surface area contributed by atoms with Gasteiger partial charge in [-0.25, -0.2) is 12.7 Å². The van der Waals surface area contributed by atoms with Crippen LogP contribution in [-0.2, 0) is 31.0 Å². The second-order valence-corrected chi connectivity index (χ2v) is 8.33. The van der Waals surface area contributed by atoms with Crippen molar-refractivity contribution < 1.29 is 33.0 Å². The van der Waals surface area contributed by atoms with Gasteiger partial charge in [0.25, 0.3) is 0 Å². The number of sulfonamides is 1. The van der Waals surface area contributed by atoms with Crippen LogP contribution in [0, 0.1) is 11.8 Å². The van der Waals surface area contributed by atoms with Crippen molar-refractivity contribution in [3.05, 3.63) is 35.9 Å². The van der Waals surface area contributed by atoms with E-state index in [1.807, 2.05) is 30.3 Å². The monoisotopic (exact) mass is 385 g/mol. The van der Waals surface area contributed by atoms with Crippen LogP contribution < -0.4 is 0 Å². The van der Waals surface area contributed by atoms with Gasteiger partial charge in [0.2, 0.25) is 10.0 Å². The van der Waals surface area contributed by atoms with Crippen LogP contribution in [0.25, 0.3) is 0 Å². The Labute approximate surface area is 152 Å². The third kappa shape index (κ3) is 5.52. The molecule has 144 valence electrons. The van der Waals surface area contributed by atoms with E-state index in [1.54, 1.807) is 0 Å². The van der Waals surface area contributed by atoms with Crippen molar-refractivity contribution in [1.82, 2.24) is 4.31 Å². The van der Waals surface area contributed by atoms with E-state index in [1.165, 1.54) is 0 Å². The van der Waals surface area contributed by atoms with E-state index in [0.29, 0.717) is 6.61 Å². The van der Waals surface area contributed by atoms with Gasteiger partial charge in [-0.1, -0.05) is 30.3 Å². The minimum absolute atomic E-state index is 0.00393. The largest absolute Gasteiger partial charge is 0.481 e. The lowest BCUT2D eigenvalue weighted by atomic mass is 9.86. The summed E-state index contributed by atoms with van der Waals surface area (Å²) in [5.41, 5.74) is 0.996. The third-order valence-corrected chi connectivity index (χ3v) is 6.33. The van der Waals surface area contributed by atoms with Crippen molar-refractivity contribution in [3.63, 3.8) is 0 Å². The van der Waals surface area contributed by atoms with Crippen molar-refractivity contribution >= 4 is 22.0 Å². The number of hydrogen-bond acceptors (Lipinski definition) is 5. The molecule has 0 saturated carbocycles. The molecule has 2 rings (SSSR count). The van der Waals surface area contributed by atoms with Crippen LogP contribution in [0.15, 0.2) is 30.3 Å². The third-order valence-electron chi connectivity index (χ3n) is 4.41. The van der Waals surface area contributed by atoms with Gasteiger partial charge >= 0.3 is 11.9 Å². The van der Waals surface area contributed by atoms with Crippen LogP contribution in [0.3, 0.4) is 0 Å². The molecule has 0 bridgehead atoms. The summed E-state index contributed by atoms with van der Waals surface area (Å²) in [5.74, 6) is -4.95. The number of carboxylic acid groups (broad SMARTS) is 2. The number of rotatable bonds is 9. The van der Waals surface area contributed by atoms with E-state index < -0.39 is 33.8 Å². The Hall–Kier alpha value is -1.97. The molecule has 1 aromatic carbocycles. The molecule has 1 aliphatic rings. The van der Waals surface area contributed by atoms with Gasteiger partial charge in [0.05, 0.1) is 24.2 Å². The Balaban J connectivity index is 1.81. The molecule has 0 amide bonds. The van der Waals surface area contributed by atoms with E-state index in [2.05, 4.69) is 0 Å². The fourth-order valence-electron chi connectivity index (χ4n) is 2.96. The molecule has 8 nitrogen and oxygen atoms in total. The Bertz CT molecular complexity index is 720. The van der Waals surface area contributed by atoms with Crippen molar-refractivity contribution in [3.8, 4) is 0 Å². The lowest BCUT2D eigenvalue weighted by Gasteiger charge is -2.33. The summed E-state index contributed by atoms with van der Waals surface area (Å²) in [6.45, 7) is 0.377. The van der Waals surface area contributed by atoms with Crippen LogP contribution in [-0.4, -0.2) is 60.3 Å². The number of benzene rings is 1. The summed E-state index contributed by atoms with van der Waals surface area (Å²) in [4.78, 5) is 22.4. The van der Waals surface area contributed by atoms with E-state index in [9.17, 15) is 23.1 Å². The number of carboxylic acids is 2. The lowest BCUT2D eigenvalue weighted by molar-refractivity contribution is -0.156. The maximum atomic E-state index is 12.4. The molecule has 1 aromatic rings. The molecule has 0 radical (unpaired) electrons. The molecule has 1 fully saturated rings. The lowest BCUT2D eigenvalue weighted by Crippen LogP contribution is -2.49. The highest BCUT2D eigenvalue weighted by Gasteiger charge is 2.41. The Morgan fingerprint density at radius 1 is 1.12 bits per heavy atom. The summed E-state index contributed by atoms with van der Waals surface area (Å²) in [7, 11) is -3.65. The first-order valence-corrected chi connectivity index (χ1v) is 9.97. The second kappa shape index (κ2) is 9.11. The maximum Gasteiger partial charge on any atom is 0.308 e. The fraction of sp³-hybridized carbons (Fsp3) is 0.529. The van der Waals surface area contributed by atoms with E-state index in [-0.39, 0.29) is 38.3 Å². The predicted octanol–water partition coefficient (Wildman–Crippen LogP) is 1.03. The average molecular weight is 385 g/mol. The number of aliphatic carboxylic acids is 2. The highest BCUT2D eigenvalue weighted by Crippen LogP contribution is 2.26. The molecule has 1 aliphatic heterocycles.